The molecule has 0 amide bonds. The van der Waals surface area contributed by atoms with Crippen LogP contribution >= 0.6 is 0 Å². The fourth-order valence-electron chi connectivity index (χ4n) is 0. The molecule has 0 aromatic rings. The molecule has 7 heavy (non-hydrogen) atoms. The molecule has 0 N–H and O–H groups in total. The van der Waals surface area contributed by atoms with Gasteiger partial charge in [0.05, 0.1) is 0 Å². The van der Waals surface area contributed by atoms with Gasteiger partial charge in [0.25, 0.3) is 0 Å². The third-order valence-corrected chi connectivity index (χ3v) is 0. The van der Waals surface area contributed by atoms with Gasteiger partial charge in [-0.2, -0.15) is 0 Å². The average Bonchev–Trinajstić information content (AvgIpc) is 1.39. The minimum absolute atomic E-state index is 0. The molecule has 2 nitrogen and oxygen atoms in total. The van der Waals surface area contributed by atoms with Crippen molar-refractivity contribution in [2.24, 2.45) is 0 Å². The Hall–Kier alpha value is 0.608. The normalized spacial score (nSPS) is 5.14. The molecule has 0 radical (unpaired) electrons. The van der Waals surface area contributed by atoms with Gasteiger partial charge in [-0.1, -0.05) is 13.8 Å². The zero-order chi connectivity index (χ0) is 5.41. The van der Waals surface area contributed by atoms with Crippen molar-refractivity contribution < 1.29 is 31.3 Å². The summed E-state index contributed by atoms with van der Waals surface area (Å²) in [5, 5.41) is 17.9. The topological polar surface area (TPSA) is 46.1 Å². The number of hydrogen-bond donors (Lipinski definition) is 0. The monoisotopic (exact) mass is 285 g/mol. The molecule has 0 rings (SSSR count). The van der Waals surface area contributed by atoms with Crippen LogP contribution in [0.5, 0.6) is 0 Å². The Labute approximate surface area is 58.8 Å². The fourth-order valence-corrected chi connectivity index (χ4v) is 0. The second-order valence-corrected chi connectivity index (χ2v) is 0.577. The van der Waals surface area contributed by atoms with Crippen molar-refractivity contribution in [2.45, 2.75) is 13.8 Å². The van der Waals surface area contributed by atoms with Crippen LogP contribution in [0.3, 0.4) is 0 Å². The van der Waals surface area contributed by atoms with Crippen molar-refractivity contribution in [3.8, 4) is 0 Å². The molecule has 0 heterocycles. The summed E-state index contributed by atoms with van der Waals surface area (Å²) in [6, 6.07) is 0. The van der Waals surface area contributed by atoms with Crippen LogP contribution in [0.15, 0.2) is 0 Å². The van der Waals surface area contributed by atoms with Gasteiger partial charge in [-0.15, -0.1) is 13.2 Å². The molecular formula is C4H10O2Pt. The summed E-state index contributed by atoms with van der Waals surface area (Å²) in [5.74, 6) is 0. The molecule has 0 bridgehead atoms. The summed E-state index contributed by atoms with van der Waals surface area (Å²) in [5.41, 5.74) is 0. The first-order chi connectivity index (χ1) is 2.83. The standard InChI is InChI=1S/2C2H5O.Pt/c2*1-2-3;/h2*2H2,1H3;/q2*-1;+2. The smallest absolute Gasteiger partial charge is 0.855 e. The van der Waals surface area contributed by atoms with Gasteiger partial charge >= 0.3 is 21.1 Å². The van der Waals surface area contributed by atoms with E-state index >= 15 is 0 Å². The maximum absolute atomic E-state index is 8.93. The maximum Gasteiger partial charge on any atom is 2.00 e. The van der Waals surface area contributed by atoms with E-state index in [1.807, 2.05) is 0 Å². The first-order valence-electron chi connectivity index (χ1n) is 1.99. The van der Waals surface area contributed by atoms with Crippen LogP contribution in [0, 0.1) is 0 Å². The van der Waals surface area contributed by atoms with Crippen molar-refractivity contribution >= 4 is 0 Å². The van der Waals surface area contributed by atoms with Crippen LogP contribution in [0.4, 0.5) is 0 Å². The molecule has 0 unspecified atom stereocenters. The van der Waals surface area contributed by atoms with Crippen molar-refractivity contribution in [3.63, 3.8) is 0 Å². The molecule has 0 atom stereocenters. The predicted octanol–water partition coefficient (Wildman–Crippen LogP) is -1.27. The zero-order valence-electron chi connectivity index (χ0n) is 4.55. The molecular weight excluding hydrogens is 275 g/mol. The van der Waals surface area contributed by atoms with Gasteiger partial charge in [0.2, 0.25) is 0 Å². The van der Waals surface area contributed by atoms with E-state index in [1.165, 1.54) is 0 Å². The summed E-state index contributed by atoms with van der Waals surface area (Å²) in [6.07, 6.45) is 0. The Kier molecular flexibility index (Phi) is 68.3. The summed E-state index contributed by atoms with van der Waals surface area (Å²) in [7, 11) is 0. The van der Waals surface area contributed by atoms with Gasteiger partial charge in [0.15, 0.2) is 0 Å². The van der Waals surface area contributed by atoms with Crippen LogP contribution < -0.4 is 10.2 Å². The van der Waals surface area contributed by atoms with E-state index in [0.717, 1.165) is 0 Å². The molecule has 3 heteroatoms. The second kappa shape index (κ2) is 30.6. The van der Waals surface area contributed by atoms with Gasteiger partial charge in [-0.3, -0.25) is 0 Å². The molecule has 0 saturated carbocycles. The Morgan fingerprint density at radius 1 is 1.00 bits per heavy atom. The van der Waals surface area contributed by atoms with E-state index in [2.05, 4.69) is 0 Å². The third-order valence-electron chi connectivity index (χ3n) is 0. The predicted molar refractivity (Wildman–Crippen MR) is 21.1 cm³/mol. The van der Waals surface area contributed by atoms with E-state index in [0.29, 0.717) is 0 Å². The molecule has 0 saturated heterocycles. The molecule has 0 aliphatic rings. The third kappa shape index (κ3) is 379. The minimum atomic E-state index is 0. The van der Waals surface area contributed by atoms with Crippen LogP contribution in [0.1, 0.15) is 13.8 Å². The second-order valence-electron chi connectivity index (χ2n) is 0.577. The van der Waals surface area contributed by atoms with E-state index in [1.54, 1.807) is 13.8 Å². The maximum atomic E-state index is 8.93. The van der Waals surface area contributed by atoms with E-state index in [4.69, 9.17) is 10.2 Å². The van der Waals surface area contributed by atoms with E-state index in [-0.39, 0.29) is 34.3 Å². The zero-order valence-corrected chi connectivity index (χ0v) is 6.82. The van der Waals surface area contributed by atoms with Gasteiger partial charge < -0.3 is 10.2 Å². The van der Waals surface area contributed by atoms with Crippen molar-refractivity contribution in [3.05, 3.63) is 0 Å². The summed E-state index contributed by atoms with van der Waals surface area (Å²) < 4.78 is 0. The van der Waals surface area contributed by atoms with E-state index < -0.39 is 0 Å². The van der Waals surface area contributed by atoms with Gasteiger partial charge in [-0.05, 0) is 0 Å². The van der Waals surface area contributed by atoms with Crippen molar-refractivity contribution in [1.29, 1.82) is 0 Å². The van der Waals surface area contributed by atoms with Gasteiger partial charge in [0, 0.05) is 0 Å². The molecule has 0 fully saturated rings. The Morgan fingerprint density at radius 3 is 1.00 bits per heavy atom. The summed E-state index contributed by atoms with van der Waals surface area (Å²) in [6.45, 7) is 3.14. The first-order valence-corrected chi connectivity index (χ1v) is 1.99. The van der Waals surface area contributed by atoms with Crippen LogP contribution in [0.25, 0.3) is 0 Å². The molecule has 0 aliphatic carbocycles. The Balaban J connectivity index is -0.0000000400. The first kappa shape index (κ1) is 15.6. The SMILES string of the molecule is CC[O-].CC[O-].[Pt+2]. The summed E-state index contributed by atoms with van der Waals surface area (Å²) in [4.78, 5) is 0. The number of hydrogen-bond acceptors (Lipinski definition) is 2. The average molecular weight is 285 g/mol. The molecule has 0 aromatic carbocycles. The quantitative estimate of drug-likeness (QED) is 0.557. The molecule has 48 valence electrons. The van der Waals surface area contributed by atoms with Gasteiger partial charge in [-0.25, -0.2) is 0 Å². The molecule has 0 aromatic heterocycles. The minimum Gasteiger partial charge on any atom is -0.855 e. The van der Waals surface area contributed by atoms with Crippen LogP contribution in [-0.4, -0.2) is 13.2 Å². The van der Waals surface area contributed by atoms with Crippen LogP contribution in [-0.2, 0) is 21.1 Å². The van der Waals surface area contributed by atoms with Crippen molar-refractivity contribution in [1.82, 2.24) is 0 Å². The van der Waals surface area contributed by atoms with Crippen LogP contribution in [0.2, 0.25) is 0 Å². The Morgan fingerprint density at radius 2 is 1.00 bits per heavy atom. The summed E-state index contributed by atoms with van der Waals surface area (Å²) >= 11 is 0. The fraction of sp³-hybridized carbons (Fsp3) is 1.00. The van der Waals surface area contributed by atoms with Gasteiger partial charge in [0.1, 0.15) is 0 Å². The Bertz CT molecular complexity index is 11.7. The van der Waals surface area contributed by atoms with E-state index in [9.17, 15) is 0 Å². The van der Waals surface area contributed by atoms with Crippen molar-refractivity contribution in [2.75, 3.05) is 13.2 Å². The largest absolute Gasteiger partial charge is 2.00 e. The number of rotatable bonds is 0. The molecule has 0 aliphatic heterocycles. The molecule has 0 spiro atoms.